The van der Waals surface area contributed by atoms with Crippen LogP contribution in [-0.4, -0.2) is 12.4 Å². The minimum absolute atomic E-state index is 0.227. The second kappa shape index (κ2) is 6.29. The van der Waals surface area contributed by atoms with Crippen LogP contribution in [0, 0.1) is 24.7 Å². The van der Waals surface area contributed by atoms with Crippen LogP contribution in [0.2, 0.25) is 5.02 Å². The number of amidine groups is 1. The van der Waals surface area contributed by atoms with E-state index in [1.807, 2.05) is 39.8 Å². The molecule has 0 aliphatic rings. The molecule has 0 unspecified atom stereocenters. The van der Waals surface area contributed by atoms with E-state index in [0.29, 0.717) is 6.61 Å². The fraction of sp³-hybridized carbons (Fsp3) is 0.533. The van der Waals surface area contributed by atoms with Gasteiger partial charge in [0.1, 0.15) is 5.75 Å². The summed E-state index contributed by atoms with van der Waals surface area (Å²) in [6.45, 7) is 8.52. The van der Waals surface area contributed by atoms with Crippen LogP contribution in [0.5, 0.6) is 5.75 Å². The molecule has 0 saturated heterocycles. The molecule has 0 spiro atoms. The number of aryl methyl sites for hydroxylation is 2. The van der Waals surface area contributed by atoms with E-state index in [4.69, 9.17) is 27.5 Å². The summed E-state index contributed by atoms with van der Waals surface area (Å²) in [5, 5.41) is 8.30. The van der Waals surface area contributed by atoms with Crippen LogP contribution >= 0.6 is 11.6 Å². The predicted molar refractivity (Wildman–Crippen MR) is 81.4 cm³/mol. The maximum atomic E-state index is 7.50. The molecule has 1 rings (SSSR count). The van der Waals surface area contributed by atoms with E-state index < -0.39 is 0 Å². The molecular weight excluding hydrogens is 260 g/mol. The summed E-state index contributed by atoms with van der Waals surface area (Å²) in [6, 6.07) is 3.90. The van der Waals surface area contributed by atoms with Crippen LogP contribution in [0.25, 0.3) is 0 Å². The summed E-state index contributed by atoms with van der Waals surface area (Å²) in [7, 11) is 0. The fourth-order valence-electron chi connectivity index (χ4n) is 1.83. The molecule has 0 atom stereocenters. The zero-order valence-electron chi connectivity index (χ0n) is 12.1. The van der Waals surface area contributed by atoms with Gasteiger partial charge in [0.05, 0.1) is 12.4 Å². The third-order valence-corrected chi connectivity index (χ3v) is 3.95. The van der Waals surface area contributed by atoms with Crippen LogP contribution in [-0.2, 0) is 0 Å². The van der Waals surface area contributed by atoms with Crippen molar-refractivity contribution in [2.45, 2.75) is 40.5 Å². The van der Waals surface area contributed by atoms with Gasteiger partial charge in [-0.05, 0) is 49.9 Å². The molecule has 19 heavy (non-hydrogen) atoms. The summed E-state index contributed by atoms with van der Waals surface area (Å²) in [4.78, 5) is 0. The van der Waals surface area contributed by atoms with Gasteiger partial charge in [-0.1, -0.05) is 25.4 Å². The Morgan fingerprint density at radius 3 is 2.32 bits per heavy atom. The van der Waals surface area contributed by atoms with Crippen LogP contribution in [0.1, 0.15) is 37.8 Å². The van der Waals surface area contributed by atoms with Gasteiger partial charge < -0.3 is 10.5 Å². The van der Waals surface area contributed by atoms with Gasteiger partial charge >= 0.3 is 0 Å². The van der Waals surface area contributed by atoms with Crippen molar-refractivity contribution in [2.75, 3.05) is 6.61 Å². The number of hydrogen-bond donors (Lipinski definition) is 2. The number of rotatable bonds is 6. The van der Waals surface area contributed by atoms with Gasteiger partial charge in [0.15, 0.2) is 0 Å². The number of nitrogens with one attached hydrogen (secondary N) is 1. The summed E-state index contributed by atoms with van der Waals surface area (Å²) in [5.41, 5.74) is 7.35. The van der Waals surface area contributed by atoms with E-state index in [-0.39, 0.29) is 11.3 Å². The Bertz CT molecular complexity index is 446. The van der Waals surface area contributed by atoms with Crippen molar-refractivity contribution in [3.05, 3.63) is 28.3 Å². The highest BCUT2D eigenvalue weighted by atomic mass is 35.5. The highest BCUT2D eigenvalue weighted by Crippen LogP contribution is 2.26. The minimum atomic E-state index is -0.255. The number of ether oxygens (including phenoxy) is 1. The number of hydrogen-bond acceptors (Lipinski definition) is 2. The molecule has 0 amide bonds. The zero-order valence-corrected chi connectivity index (χ0v) is 12.9. The highest BCUT2D eigenvalue weighted by molar-refractivity contribution is 6.32. The quantitative estimate of drug-likeness (QED) is 0.469. The molecular formula is C15H23ClN2O. The monoisotopic (exact) mass is 282 g/mol. The Labute approximate surface area is 120 Å². The van der Waals surface area contributed by atoms with Crippen molar-refractivity contribution in [1.29, 1.82) is 5.41 Å². The van der Waals surface area contributed by atoms with Gasteiger partial charge in [0.25, 0.3) is 0 Å². The molecule has 1 aromatic carbocycles. The van der Waals surface area contributed by atoms with Crippen molar-refractivity contribution >= 4 is 17.4 Å². The zero-order chi connectivity index (χ0) is 14.6. The van der Waals surface area contributed by atoms with Gasteiger partial charge in [0.2, 0.25) is 0 Å². The molecule has 0 aliphatic heterocycles. The van der Waals surface area contributed by atoms with E-state index in [1.165, 1.54) is 0 Å². The lowest BCUT2D eigenvalue weighted by atomic mass is 9.87. The molecule has 0 radical (unpaired) electrons. The largest absolute Gasteiger partial charge is 0.494 e. The standard InChI is InChI=1S/C15H23ClN2O/c1-10-8-12(9-11(2)13(10)16)19-7-5-6-15(3,4)14(17)18/h8-9H,5-7H2,1-4H3,(H3,17,18). The molecule has 4 heteroatoms. The minimum Gasteiger partial charge on any atom is -0.494 e. The van der Waals surface area contributed by atoms with Gasteiger partial charge in [-0.25, -0.2) is 0 Å². The van der Waals surface area contributed by atoms with Gasteiger partial charge in [-0.2, -0.15) is 0 Å². The van der Waals surface area contributed by atoms with E-state index in [1.54, 1.807) is 0 Å². The Morgan fingerprint density at radius 1 is 1.32 bits per heavy atom. The Balaban J connectivity index is 2.49. The molecule has 0 heterocycles. The smallest absolute Gasteiger partial charge is 0.119 e. The maximum absolute atomic E-state index is 7.50. The second-order valence-corrected chi connectivity index (χ2v) is 6.00. The fourth-order valence-corrected chi connectivity index (χ4v) is 1.94. The predicted octanol–water partition coefficient (Wildman–Crippen LogP) is 4.08. The third kappa shape index (κ3) is 4.43. The SMILES string of the molecule is Cc1cc(OCCCC(C)(C)C(=N)N)cc(C)c1Cl. The molecule has 106 valence electrons. The Morgan fingerprint density at radius 2 is 1.84 bits per heavy atom. The summed E-state index contributed by atoms with van der Waals surface area (Å²) < 4.78 is 5.73. The molecule has 3 N–H and O–H groups in total. The molecule has 1 aromatic rings. The van der Waals surface area contributed by atoms with E-state index in [0.717, 1.165) is 34.7 Å². The van der Waals surface area contributed by atoms with E-state index >= 15 is 0 Å². The Hall–Kier alpha value is -1.22. The first kappa shape index (κ1) is 15.8. The van der Waals surface area contributed by atoms with E-state index in [2.05, 4.69) is 0 Å². The van der Waals surface area contributed by atoms with Gasteiger partial charge in [0, 0.05) is 10.4 Å². The number of halogens is 1. The maximum Gasteiger partial charge on any atom is 0.119 e. The summed E-state index contributed by atoms with van der Waals surface area (Å²) in [6.07, 6.45) is 1.71. The first-order valence-electron chi connectivity index (χ1n) is 6.48. The average molecular weight is 283 g/mol. The lowest BCUT2D eigenvalue weighted by Gasteiger charge is -2.22. The van der Waals surface area contributed by atoms with Crippen LogP contribution in [0.15, 0.2) is 12.1 Å². The number of benzene rings is 1. The third-order valence-electron chi connectivity index (χ3n) is 3.35. The molecule has 0 bridgehead atoms. The molecule has 3 nitrogen and oxygen atoms in total. The first-order chi connectivity index (χ1) is 8.74. The van der Waals surface area contributed by atoms with Gasteiger partial charge in [-0.15, -0.1) is 0 Å². The topological polar surface area (TPSA) is 59.1 Å². The van der Waals surface area contributed by atoms with Crippen LogP contribution in [0.3, 0.4) is 0 Å². The van der Waals surface area contributed by atoms with Crippen molar-refractivity contribution in [1.82, 2.24) is 0 Å². The van der Waals surface area contributed by atoms with Gasteiger partial charge in [-0.3, -0.25) is 5.41 Å². The summed E-state index contributed by atoms with van der Waals surface area (Å²) in [5.74, 6) is 1.07. The lowest BCUT2D eigenvalue weighted by molar-refractivity contribution is 0.286. The van der Waals surface area contributed by atoms with Crippen molar-refractivity contribution in [3.8, 4) is 5.75 Å². The molecule has 0 aliphatic carbocycles. The molecule has 0 saturated carbocycles. The number of nitrogens with two attached hydrogens (primary N) is 1. The van der Waals surface area contributed by atoms with Crippen LogP contribution < -0.4 is 10.5 Å². The second-order valence-electron chi connectivity index (χ2n) is 5.62. The lowest BCUT2D eigenvalue weighted by Crippen LogP contribution is -2.31. The Kier molecular flexibility index (Phi) is 5.24. The molecule has 0 fully saturated rings. The first-order valence-corrected chi connectivity index (χ1v) is 6.86. The average Bonchev–Trinajstić information content (AvgIpc) is 2.31. The highest BCUT2D eigenvalue weighted by Gasteiger charge is 2.20. The van der Waals surface area contributed by atoms with Crippen molar-refractivity contribution in [2.24, 2.45) is 11.1 Å². The van der Waals surface area contributed by atoms with E-state index in [9.17, 15) is 0 Å². The van der Waals surface area contributed by atoms with Crippen molar-refractivity contribution in [3.63, 3.8) is 0 Å². The summed E-state index contributed by atoms with van der Waals surface area (Å²) >= 11 is 6.11. The normalized spacial score (nSPS) is 11.4. The molecule has 0 aromatic heterocycles. The van der Waals surface area contributed by atoms with Crippen LogP contribution in [0.4, 0.5) is 0 Å². The van der Waals surface area contributed by atoms with Crippen molar-refractivity contribution < 1.29 is 4.74 Å².